The Kier molecular flexibility index (Phi) is 5.69. The maximum atomic E-state index is 13.2. The number of nitrogens with two attached hydrogens (primary N) is 1. The summed E-state index contributed by atoms with van der Waals surface area (Å²) in [6.07, 6.45) is 0. The van der Waals surface area contributed by atoms with Gasteiger partial charge in [0.1, 0.15) is 16.9 Å². The van der Waals surface area contributed by atoms with E-state index in [0.29, 0.717) is 46.6 Å². The van der Waals surface area contributed by atoms with Crippen molar-refractivity contribution in [3.8, 4) is 5.69 Å². The number of rotatable bonds is 6. The van der Waals surface area contributed by atoms with E-state index in [4.69, 9.17) is 20.4 Å². The highest BCUT2D eigenvalue weighted by Crippen LogP contribution is 2.31. The molecule has 0 atom stereocenters. The Balaban J connectivity index is 1.63. The molecule has 0 radical (unpaired) electrons. The van der Waals surface area contributed by atoms with Gasteiger partial charge in [0.15, 0.2) is 5.65 Å². The van der Waals surface area contributed by atoms with Gasteiger partial charge in [-0.2, -0.15) is 0 Å². The lowest BCUT2D eigenvalue weighted by Gasteiger charge is -2.09. The van der Waals surface area contributed by atoms with Crippen LogP contribution in [0.4, 0.5) is 5.82 Å². The summed E-state index contributed by atoms with van der Waals surface area (Å²) in [6.45, 7) is 2.44. The van der Waals surface area contributed by atoms with Crippen molar-refractivity contribution in [2.45, 2.75) is 13.5 Å². The number of ether oxygens (including phenoxy) is 1. The number of nitrogens with one attached hydrogen (secondary N) is 1. The van der Waals surface area contributed by atoms with Gasteiger partial charge in [-0.1, -0.05) is 18.2 Å². The van der Waals surface area contributed by atoms with Crippen LogP contribution in [0.2, 0.25) is 0 Å². The van der Waals surface area contributed by atoms with Crippen LogP contribution in [0.25, 0.3) is 27.9 Å². The van der Waals surface area contributed by atoms with Crippen molar-refractivity contribution in [2.24, 2.45) is 0 Å². The predicted molar refractivity (Wildman–Crippen MR) is 132 cm³/mol. The minimum Gasteiger partial charge on any atom is -0.462 e. The predicted octanol–water partition coefficient (Wildman–Crippen LogP) is 4.32. The van der Waals surface area contributed by atoms with Crippen molar-refractivity contribution < 1.29 is 14.3 Å². The largest absolute Gasteiger partial charge is 0.462 e. The summed E-state index contributed by atoms with van der Waals surface area (Å²) in [6, 6.07) is 18.1. The molecule has 0 aliphatic carbocycles. The van der Waals surface area contributed by atoms with E-state index in [1.165, 1.54) is 0 Å². The molecule has 3 aromatic heterocycles. The van der Waals surface area contributed by atoms with E-state index in [0.717, 1.165) is 4.88 Å². The van der Waals surface area contributed by atoms with Gasteiger partial charge < -0.3 is 15.8 Å². The number of nitrogens with zero attached hydrogens (tertiary/aromatic N) is 3. The standard InChI is InChI=1S/C25H21N5O3S/c1-2-33-25(32)15-9-11-16(12-10-15)30-22(26)20(24(31)27-14-17-6-5-13-34-17)21-23(30)29-19-8-4-3-7-18(19)28-21/h3-13H,2,14,26H2,1H3,(H,27,31). The van der Waals surface area contributed by atoms with Crippen LogP contribution >= 0.6 is 11.3 Å². The molecule has 5 aromatic rings. The second kappa shape index (κ2) is 8.95. The normalized spacial score (nSPS) is 11.1. The van der Waals surface area contributed by atoms with Crippen molar-refractivity contribution in [3.63, 3.8) is 0 Å². The van der Waals surface area contributed by atoms with E-state index in [1.807, 2.05) is 41.8 Å². The van der Waals surface area contributed by atoms with Crippen LogP contribution in [0.5, 0.6) is 0 Å². The smallest absolute Gasteiger partial charge is 0.338 e. The van der Waals surface area contributed by atoms with Crippen molar-refractivity contribution in [3.05, 3.63) is 82.0 Å². The third kappa shape index (κ3) is 3.86. The summed E-state index contributed by atoms with van der Waals surface area (Å²) in [5, 5.41) is 4.89. The lowest BCUT2D eigenvalue weighted by Crippen LogP contribution is -2.23. The Hall–Kier alpha value is -4.24. The van der Waals surface area contributed by atoms with Crippen molar-refractivity contribution in [1.29, 1.82) is 0 Å². The Labute approximate surface area is 199 Å². The molecule has 8 nitrogen and oxygen atoms in total. The molecule has 9 heteroatoms. The number of hydrogen-bond donors (Lipinski definition) is 2. The number of amides is 1. The van der Waals surface area contributed by atoms with E-state index in [-0.39, 0.29) is 17.3 Å². The van der Waals surface area contributed by atoms with Gasteiger partial charge in [0.2, 0.25) is 0 Å². The molecule has 34 heavy (non-hydrogen) atoms. The lowest BCUT2D eigenvalue weighted by atomic mass is 10.2. The molecule has 0 saturated heterocycles. The number of carbonyl (C=O) groups excluding carboxylic acids is 2. The highest BCUT2D eigenvalue weighted by molar-refractivity contribution is 7.09. The van der Waals surface area contributed by atoms with Gasteiger partial charge in [0, 0.05) is 10.6 Å². The van der Waals surface area contributed by atoms with Gasteiger partial charge in [-0.05, 0) is 54.8 Å². The number of aromatic nitrogens is 3. The average Bonchev–Trinajstić information content (AvgIpc) is 3.47. The molecule has 1 amide bonds. The molecular weight excluding hydrogens is 450 g/mol. The van der Waals surface area contributed by atoms with Crippen molar-refractivity contribution >= 4 is 51.2 Å². The number of fused-ring (bicyclic) bond motifs is 2. The molecule has 5 rings (SSSR count). The molecule has 0 spiro atoms. The van der Waals surface area contributed by atoms with E-state index in [1.54, 1.807) is 47.1 Å². The van der Waals surface area contributed by atoms with Crippen LogP contribution in [0.15, 0.2) is 66.0 Å². The number of nitrogen functional groups attached to an aromatic ring is 1. The Morgan fingerprint density at radius 3 is 2.44 bits per heavy atom. The minimum atomic E-state index is -0.404. The molecule has 0 bridgehead atoms. The van der Waals surface area contributed by atoms with Crippen molar-refractivity contribution in [2.75, 3.05) is 12.3 Å². The molecule has 0 aliphatic heterocycles. The fraction of sp³-hybridized carbons (Fsp3) is 0.120. The van der Waals surface area contributed by atoms with Gasteiger partial charge in [0.25, 0.3) is 5.91 Å². The van der Waals surface area contributed by atoms with Gasteiger partial charge >= 0.3 is 5.97 Å². The molecule has 2 aromatic carbocycles. The van der Waals surface area contributed by atoms with Crippen LogP contribution in [0.3, 0.4) is 0 Å². The molecule has 0 fully saturated rings. The first-order chi connectivity index (χ1) is 16.6. The summed E-state index contributed by atoms with van der Waals surface area (Å²) in [5.41, 5.74) is 10.1. The first kappa shape index (κ1) is 21.6. The quantitative estimate of drug-likeness (QED) is 0.357. The van der Waals surface area contributed by atoms with E-state index in [2.05, 4.69) is 5.32 Å². The maximum Gasteiger partial charge on any atom is 0.338 e. The number of carbonyl (C=O) groups is 2. The van der Waals surface area contributed by atoms with Gasteiger partial charge in [-0.15, -0.1) is 11.3 Å². The monoisotopic (exact) mass is 471 g/mol. The Bertz CT molecular complexity index is 1510. The van der Waals surface area contributed by atoms with Crippen LogP contribution in [-0.4, -0.2) is 33.0 Å². The summed E-state index contributed by atoms with van der Waals surface area (Å²) in [4.78, 5) is 35.8. The van der Waals surface area contributed by atoms with E-state index >= 15 is 0 Å². The van der Waals surface area contributed by atoms with E-state index in [9.17, 15) is 9.59 Å². The SMILES string of the molecule is CCOC(=O)c1ccc(-n2c(N)c(C(=O)NCc3cccs3)c3nc4ccccc4nc32)cc1. The number of thiophene rings is 1. The highest BCUT2D eigenvalue weighted by atomic mass is 32.1. The highest BCUT2D eigenvalue weighted by Gasteiger charge is 2.25. The number of para-hydroxylation sites is 2. The van der Waals surface area contributed by atoms with Crippen LogP contribution < -0.4 is 11.1 Å². The zero-order valence-corrected chi connectivity index (χ0v) is 19.1. The third-order valence-electron chi connectivity index (χ3n) is 5.36. The fourth-order valence-corrected chi connectivity index (χ4v) is 4.42. The van der Waals surface area contributed by atoms with Crippen molar-refractivity contribution in [1.82, 2.24) is 19.9 Å². The molecule has 170 valence electrons. The first-order valence-electron chi connectivity index (χ1n) is 10.7. The lowest BCUT2D eigenvalue weighted by molar-refractivity contribution is 0.0526. The molecule has 0 unspecified atom stereocenters. The Morgan fingerprint density at radius 2 is 1.76 bits per heavy atom. The first-order valence-corrected chi connectivity index (χ1v) is 11.6. The van der Waals surface area contributed by atoms with Crippen LogP contribution in [0, 0.1) is 0 Å². The van der Waals surface area contributed by atoms with Gasteiger partial charge in [-0.3, -0.25) is 9.36 Å². The number of hydrogen-bond acceptors (Lipinski definition) is 7. The summed E-state index contributed by atoms with van der Waals surface area (Å²) < 4.78 is 6.75. The summed E-state index contributed by atoms with van der Waals surface area (Å²) in [7, 11) is 0. The number of benzene rings is 2. The minimum absolute atomic E-state index is 0.220. The summed E-state index contributed by atoms with van der Waals surface area (Å²) in [5.74, 6) is -0.515. The average molecular weight is 472 g/mol. The van der Waals surface area contributed by atoms with Gasteiger partial charge in [0.05, 0.1) is 29.7 Å². The molecule has 0 aliphatic rings. The third-order valence-corrected chi connectivity index (χ3v) is 6.24. The molecule has 0 saturated carbocycles. The zero-order valence-electron chi connectivity index (χ0n) is 18.3. The number of anilines is 1. The topological polar surface area (TPSA) is 112 Å². The van der Waals surface area contributed by atoms with Crippen LogP contribution in [-0.2, 0) is 11.3 Å². The molecule has 3 heterocycles. The van der Waals surface area contributed by atoms with E-state index < -0.39 is 5.97 Å². The van der Waals surface area contributed by atoms with Crippen LogP contribution in [0.1, 0.15) is 32.5 Å². The second-order valence-electron chi connectivity index (χ2n) is 7.51. The fourth-order valence-electron chi connectivity index (χ4n) is 3.78. The Morgan fingerprint density at radius 1 is 1.03 bits per heavy atom. The molecular formula is C25H21N5O3S. The number of esters is 1. The molecule has 3 N–H and O–H groups in total. The van der Waals surface area contributed by atoms with Gasteiger partial charge in [-0.25, -0.2) is 14.8 Å². The summed E-state index contributed by atoms with van der Waals surface area (Å²) >= 11 is 1.56. The zero-order chi connectivity index (χ0) is 23.7. The second-order valence-corrected chi connectivity index (χ2v) is 8.54. The maximum absolute atomic E-state index is 13.2.